The van der Waals surface area contributed by atoms with Crippen LogP contribution in [0.1, 0.15) is 43.0 Å². The van der Waals surface area contributed by atoms with Gasteiger partial charge in [0.1, 0.15) is 0 Å². The fraction of sp³-hybridized carbons (Fsp3) is 0.375. The third-order valence-electron chi connectivity index (χ3n) is 3.27. The highest BCUT2D eigenvalue weighted by Gasteiger charge is 2.16. The summed E-state index contributed by atoms with van der Waals surface area (Å²) in [7, 11) is 0. The van der Waals surface area contributed by atoms with Gasteiger partial charge in [0.15, 0.2) is 0 Å². The van der Waals surface area contributed by atoms with Gasteiger partial charge in [-0.15, -0.1) is 0 Å². The Morgan fingerprint density at radius 2 is 1.89 bits per heavy atom. The summed E-state index contributed by atoms with van der Waals surface area (Å²) < 4.78 is 1.20. The lowest BCUT2D eigenvalue weighted by atomic mass is 9.99. The Kier molecular flexibility index (Phi) is 5.61. The Bertz CT molecular complexity index is 504. The smallest absolute Gasteiger partial charge is 0.0596 e. The van der Waals surface area contributed by atoms with Crippen molar-refractivity contribution >= 4 is 27.3 Å². The van der Waals surface area contributed by atoms with Crippen molar-refractivity contribution in [3.63, 3.8) is 0 Å². The molecule has 2 rings (SSSR count). The first-order valence-electron chi connectivity index (χ1n) is 6.80. The number of nitrogens with one attached hydrogen (secondary N) is 1. The number of benzene rings is 1. The SMILES string of the molecule is CCCNC(c1ccc(CC)cc1)c1cscc1Br. The van der Waals surface area contributed by atoms with Crippen LogP contribution in [-0.4, -0.2) is 6.54 Å². The van der Waals surface area contributed by atoms with E-state index in [-0.39, 0.29) is 6.04 Å². The van der Waals surface area contributed by atoms with Crippen molar-refractivity contribution in [3.05, 3.63) is 56.2 Å². The molecule has 19 heavy (non-hydrogen) atoms. The normalized spacial score (nSPS) is 12.6. The van der Waals surface area contributed by atoms with Gasteiger partial charge in [-0.25, -0.2) is 0 Å². The van der Waals surface area contributed by atoms with E-state index < -0.39 is 0 Å². The highest BCUT2D eigenvalue weighted by Crippen LogP contribution is 2.31. The fourth-order valence-corrected chi connectivity index (χ4v) is 3.69. The molecule has 1 aromatic carbocycles. The number of halogens is 1. The predicted molar refractivity (Wildman–Crippen MR) is 88.0 cm³/mol. The second kappa shape index (κ2) is 7.22. The minimum absolute atomic E-state index is 0.284. The van der Waals surface area contributed by atoms with Crippen LogP contribution in [-0.2, 0) is 6.42 Å². The Morgan fingerprint density at radius 3 is 2.42 bits per heavy atom. The monoisotopic (exact) mass is 337 g/mol. The number of hydrogen-bond acceptors (Lipinski definition) is 2. The Labute approximate surface area is 128 Å². The zero-order valence-electron chi connectivity index (χ0n) is 11.4. The summed E-state index contributed by atoms with van der Waals surface area (Å²) in [6, 6.07) is 9.24. The van der Waals surface area contributed by atoms with E-state index in [9.17, 15) is 0 Å². The maximum Gasteiger partial charge on any atom is 0.0596 e. The average Bonchev–Trinajstić information content (AvgIpc) is 2.86. The summed E-state index contributed by atoms with van der Waals surface area (Å²) in [6.45, 7) is 5.42. The molecule has 0 saturated heterocycles. The molecule has 1 nitrogen and oxygen atoms in total. The molecule has 0 aliphatic rings. The second-order valence-electron chi connectivity index (χ2n) is 4.66. The molecule has 1 unspecified atom stereocenters. The molecule has 102 valence electrons. The van der Waals surface area contributed by atoms with Crippen LogP contribution in [0.2, 0.25) is 0 Å². The zero-order valence-corrected chi connectivity index (χ0v) is 13.9. The van der Waals surface area contributed by atoms with E-state index in [4.69, 9.17) is 0 Å². The lowest BCUT2D eigenvalue weighted by molar-refractivity contribution is 0.598. The molecule has 1 atom stereocenters. The largest absolute Gasteiger partial charge is 0.306 e. The maximum absolute atomic E-state index is 3.65. The standard InChI is InChI=1S/C16H20BrNS/c1-3-9-18-16(14-10-19-11-15(14)17)13-7-5-12(4-2)6-8-13/h5-8,10-11,16,18H,3-4,9H2,1-2H3. The first-order valence-corrected chi connectivity index (χ1v) is 8.53. The molecule has 1 N–H and O–H groups in total. The van der Waals surface area contributed by atoms with Crippen molar-refractivity contribution in [3.8, 4) is 0 Å². The Hall–Kier alpha value is -0.640. The van der Waals surface area contributed by atoms with Crippen LogP contribution in [0, 0.1) is 0 Å². The van der Waals surface area contributed by atoms with Gasteiger partial charge in [-0.2, -0.15) is 11.3 Å². The summed E-state index contributed by atoms with van der Waals surface area (Å²) in [5.41, 5.74) is 4.06. The van der Waals surface area contributed by atoms with Crippen molar-refractivity contribution in [2.24, 2.45) is 0 Å². The predicted octanol–water partition coefficient (Wildman–Crippen LogP) is 5.16. The van der Waals surface area contributed by atoms with Crippen LogP contribution < -0.4 is 5.32 Å². The van der Waals surface area contributed by atoms with Gasteiger partial charge in [-0.05, 0) is 57.4 Å². The Balaban J connectivity index is 2.28. The van der Waals surface area contributed by atoms with E-state index in [1.54, 1.807) is 11.3 Å². The van der Waals surface area contributed by atoms with Crippen molar-refractivity contribution in [1.29, 1.82) is 0 Å². The summed E-state index contributed by atoms with van der Waals surface area (Å²) in [5.74, 6) is 0. The number of hydrogen-bond donors (Lipinski definition) is 1. The van der Waals surface area contributed by atoms with Crippen LogP contribution >= 0.6 is 27.3 Å². The highest BCUT2D eigenvalue weighted by atomic mass is 79.9. The quantitative estimate of drug-likeness (QED) is 0.767. The van der Waals surface area contributed by atoms with E-state index in [1.807, 2.05) is 0 Å². The van der Waals surface area contributed by atoms with Gasteiger partial charge >= 0.3 is 0 Å². The van der Waals surface area contributed by atoms with E-state index in [1.165, 1.54) is 21.2 Å². The molecule has 0 bridgehead atoms. The molecule has 0 spiro atoms. The van der Waals surface area contributed by atoms with Crippen LogP contribution in [0.5, 0.6) is 0 Å². The van der Waals surface area contributed by atoms with Gasteiger partial charge in [-0.3, -0.25) is 0 Å². The van der Waals surface area contributed by atoms with Crippen molar-refractivity contribution < 1.29 is 0 Å². The Morgan fingerprint density at radius 1 is 1.16 bits per heavy atom. The number of rotatable bonds is 6. The topological polar surface area (TPSA) is 12.0 Å². The molecule has 0 aliphatic carbocycles. The minimum Gasteiger partial charge on any atom is -0.306 e. The molecule has 0 radical (unpaired) electrons. The van der Waals surface area contributed by atoms with E-state index in [0.717, 1.165) is 19.4 Å². The van der Waals surface area contributed by atoms with E-state index in [2.05, 4.69) is 70.1 Å². The first kappa shape index (κ1) is 14.8. The molecule has 0 aliphatic heterocycles. The highest BCUT2D eigenvalue weighted by molar-refractivity contribution is 9.10. The molecular formula is C16H20BrNS. The molecule has 0 saturated carbocycles. The minimum atomic E-state index is 0.284. The van der Waals surface area contributed by atoms with Gasteiger partial charge in [0.2, 0.25) is 0 Å². The van der Waals surface area contributed by atoms with Gasteiger partial charge in [0.05, 0.1) is 6.04 Å². The third-order valence-corrected chi connectivity index (χ3v) is 5.02. The van der Waals surface area contributed by atoms with E-state index in [0.29, 0.717) is 0 Å². The lowest BCUT2D eigenvalue weighted by Crippen LogP contribution is -2.23. The molecule has 3 heteroatoms. The molecule has 2 aromatic rings. The van der Waals surface area contributed by atoms with Crippen LogP contribution in [0.4, 0.5) is 0 Å². The molecule has 0 fully saturated rings. The molecule has 1 heterocycles. The fourth-order valence-electron chi connectivity index (χ4n) is 2.14. The van der Waals surface area contributed by atoms with Gasteiger partial charge in [0, 0.05) is 9.85 Å². The number of thiophene rings is 1. The second-order valence-corrected chi connectivity index (χ2v) is 6.26. The maximum atomic E-state index is 3.65. The van der Waals surface area contributed by atoms with E-state index >= 15 is 0 Å². The summed E-state index contributed by atoms with van der Waals surface area (Å²) in [4.78, 5) is 0. The lowest BCUT2D eigenvalue weighted by Gasteiger charge is -2.19. The zero-order chi connectivity index (χ0) is 13.7. The number of aryl methyl sites for hydroxylation is 1. The van der Waals surface area contributed by atoms with Crippen molar-refractivity contribution in [1.82, 2.24) is 5.32 Å². The van der Waals surface area contributed by atoms with Crippen molar-refractivity contribution in [2.45, 2.75) is 32.7 Å². The summed E-state index contributed by atoms with van der Waals surface area (Å²) in [5, 5.41) is 8.02. The van der Waals surface area contributed by atoms with Gasteiger partial charge in [0.25, 0.3) is 0 Å². The van der Waals surface area contributed by atoms with Crippen LogP contribution in [0.25, 0.3) is 0 Å². The average molecular weight is 338 g/mol. The molecule has 1 aromatic heterocycles. The summed E-state index contributed by atoms with van der Waals surface area (Å²) in [6.07, 6.45) is 2.24. The van der Waals surface area contributed by atoms with Gasteiger partial charge in [-0.1, -0.05) is 38.1 Å². The van der Waals surface area contributed by atoms with Crippen LogP contribution in [0.15, 0.2) is 39.5 Å². The third kappa shape index (κ3) is 3.68. The van der Waals surface area contributed by atoms with Crippen molar-refractivity contribution in [2.75, 3.05) is 6.54 Å². The molecular weight excluding hydrogens is 318 g/mol. The van der Waals surface area contributed by atoms with Crippen LogP contribution in [0.3, 0.4) is 0 Å². The first-order chi connectivity index (χ1) is 9.26. The molecule has 0 amide bonds. The summed E-state index contributed by atoms with van der Waals surface area (Å²) >= 11 is 5.40. The van der Waals surface area contributed by atoms with Gasteiger partial charge < -0.3 is 5.32 Å².